The standard InChI is InChI=1S/C14H19ClN2O.ClH/c15-13-6-2-1-5-12(13)14(18)17-9-3-4-11(10-17)7-8-16;/h1-2,5-6,11H,3-4,7-10,16H2;1H. The highest BCUT2D eigenvalue weighted by Crippen LogP contribution is 2.23. The predicted octanol–water partition coefficient (Wildman–Crippen LogP) is 2.96. The molecule has 1 aromatic rings. The zero-order valence-corrected chi connectivity index (χ0v) is 12.4. The van der Waals surface area contributed by atoms with Crippen molar-refractivity contribution in [2.45, 2.75) is 19.3 Å². The highest BCUT2D eigenvalue weighted by Gasteiger charge is 2.24. The molecule has 0 bridgehead atoms. The molecule has 1 heterocycles. The number of carbonyl (C=O) groups is 1. The van der Waals surface area contributed by atoms with Crippen molar-refractivity contribution in [2.75, 3.05) is 19.6 Å². The number of piperidine rings is 1. The van der Waals surface area contributed by atoms with Gasteiger partial charge in [-0.3, -0.25) is 4.79 Å². The molecular weight excluding hydrogens is 283 g/mol. The Morgan fingerprint density at radius 1 is 1.42 bits per heavy atom. The van der Waals surface area contributed by atoms with Gasteiger partial charge in [0.25, 0.3) is 5.91 Å². The van der Waals surface area contributed by atoms with Gasteiger partial charge in [0.2, 0.25) is 0 Å². The minimum absolute atomic E-state index is 0. The Morgan fingerprint density at radius 3 is 2.84 bits per heavy atom. The van der Waals surface area contributed by atoms with Crippen molar-refractivity contribution in [3.8, 4) is 0 Å². The van der Waals surface area contributed by atoms with Crippen LogP contribution < -0.4 is 5.73 Å². The zero-order valence-electron chi connectivity index (χ0n) is 10.8. The maximum atomic E-state index is 12.4. The lowest BCUT2D eigenvalue weighted by Crippen LogP contribution is -2.40. The normalized spacial score (nSPS) is 18.8. The fourth-order valence-corrected chi connectivity index (χ4v) is 2.74. The van der Waals surface area contributed by atoms with Gasteiger partial charge in [-0.1, -0.05) is 23.7 Å². The van der Waals surface area contributed by atoms with Gasteiger partial charge in [0.05, 0.1) is 10.6 Å². The van der Waals surface area contributed by atoms with Gasteiger partial charge < -0.3 is 10.6 Å². The van der Waals surface area contributed by atoms with Gasteiger partial charge in [0, 0.05) is 13.1 Å². The van der Waals surface area contributed by atoms with Crippen LogP contribution in [0.25, 0.3) is 0 Å². The van der Waals surface area contributed by atoms with Crippen LogP contribution >= 0.6 is 24.0 Å². The van der Waals surface area contributed by atoms with E-state index in [0.717, 1.165) is 25.9 Å². The Hall–Kier alpha value is -0.770. The molecular formula is C14H20Cl2N2O. The number of rotatable bonds is 3. The highest BCUT2D eigenvalue weighted by molar-refractivity contribution is 6.33. The van der Waals surface area contributed by atoms with Crippen LogP contribution in [0, 0.1) is 5.92 Å². The van der Waals surface area contributed by atoms with E-state index in [-0.39, 0.29) is 18.3 Å². The van der Waals surface area contributed by atoms with Crippen molar-refractivity contribution >= 4 is 29.9 Å². The number of amides is 1. The van der Waals surface area contributed by atoms with Crippen LogP contribution in [0.2, 0.25) is 5.02 Å². The second-order valence-corrected chi connectivity index (χ2v) is 5.22. The summed E-state index contributed by atoms with van der Waals surface area (Å²) in [7, 11) is 0. The van der Waals surface area contributed by atoms with Gasteiger partial charge in [-0.25, -0.2) is 0 Å². The molecule has 1 fully saturated rings. The number of likely N-dealkylation sites (tertiary alicyclic amines) is 1. The molecule has 0 aliphatic carbocycles. The first-order valence-electron chi connectivity index (χ1n) is 6.46. The third kappa shape index (κ3) is 4.10. The van der Waals surface area contributed by atoms with Gasteiger partial charge in [-0.15, -0.1) is 12.4 Å². The first kappa shape index (κ1) is 16.3. The van der Waals surface area contributed by atoms with Crippen molar-refractivity contribution in [3.63, 3.8) is 0 Å². The quantitative estimate of drug-likeness (QED) is 0.933. The number of halogens is 2. The van der Waals surface area contributed by atoms with E-state index in [1.54, 1.807) is 12.1 Å². The summed E-state index contributed by atoms with van der Waals surface area (Å²) in [6.07, 6.45) is 3.22. The SMILES string of the molecule is Cl.NCCC1CCCN(C(=O)c2ccccc2Cl)C1. The molecule has 3 nitrogen and oxygen atoms in total. The average Bonchev–Trinajstić information content (AvgIpc) is 2.39. The van der Waals surface area contributed by atoms with Gasteiger partial charge in [0.15, 0.2) is 0 Å². The lowest BCUT2D eigenvalue weighted by Gasteiger charge is -2.32. The van der Waals surface area contributed by atoms with Crippen molar-refractivity contribution in [2.24, 2.45) is 11.7 Å². The molecule has 1 aliphatic heterocycles. The topological polar surface area (TPSA) is 46.3 Å². The van der Waals surface area contributed by atoms with Crippen LogP contribution in [0.1, 0.15) is 29.6 Å². The molecule has 1 aliphatic rings. The molecule has 106 valence electrons. The van der Waals surface area contributed by atoms with E-state index in [1.807, 2.05) is 17.0 Å². The Labute approximate surface area is 125 Å². The second kappa shape index (κ2) is 7.73. The first-order valence-corrected chi connectivity index (χ1v) is 6.84. The second-order valence-electron chi connectivity index (χ2n) is 4.82. The van der Waals surface area contributed by atoms with E-state index in [2.05, 4.69) is 0 Å². The van der Waals surface area contributed by atoms with E-state index in [4.69, 9.17) is 17.3 Å². The third-order valence-corrected chi connectivity index (χ3v) is 3.81. The molecule has 2 rings (SSSR count). The van der Waals surface area contributed by atoms with Crippen LogP contribution in [0.15, 0.2) is 24.3 Å². The molecule has 0 radical (unpaired) electrons. The van der Waals surface area contributed by atoms with Crippen molar-refractivity contribution < 1.29 is 4.79 Å². The van der Waals surface area contributed by atoms with Gasteiger partial charge >= 0.3 is 0 Å². The van der Waals surface area contributed by atoms with Crippen LogP contribution in [0.4, 0.5) is 0 Å². The molecule has 5 heteroatoms. The van der Waals surface area contributed by atoms with Crippen molar-refractivity contribution in [3.05, 3.63) is 34.9 Å². The number of nitrogens with zero attached hydrogens (tertiary/aromatic N) is 1. The predicted molar refractivity (Wildman–Crippen MR) is 81.0 cm³/mol. The molecule has 19 heavy (non-hydrogen) atoms. The van der Waals surface area contributed by atoms with E-state index in [9.17, 15) is 4.79 Å². The maximum absolute atomic E-state index is 12.4. The summed E-state index contributed by atoms with van der Waals surface area (Å²) in [5.41, 5.74) is 6.20. The Bertz CT molecular complexity index is 424. The number of benzene rings is 1. The maximum Gasteiger partial charge on any atom is 0.255 e. The molecule has 2 N–H and O–H groups in total. The summed E-state index contributed by atoms with van der Waals surface area (Å²) in [5.74, 6) is 0.581. The fourth-order valence-electron chi connectivity index (χ4n) is 2.53. The van der Waals surface area contributed by atoms with Gasteiger partial charge in [-0.05, 0) is 43.9 Å². The first-order chi connectivity index (χ1) is 8.72. The Kier molecular flexibility index (Phi) is 6.63. The van der Waals surface area contributed by atoms with Crippen molar-refractivity contribution in [1.82, 2.24) is 4.90 Å². The largest absolute Gasteiger partial charge is 0.338 e. The summed E-state index contributed by atoms with van der Waals surface area (Å²) in [4.78, 5) is 14.3. The number of hydrogen-bond donors (Lipinski definition) is 1. The van der Waals surface area contributed by atoms with Crippen LogP contribution in [-0.4, -0.2) is 30.4 Å². The summed E-state index contributed by atoms with van der Waals surface area (Å²) in [6.45, 7) is 2.32. The van der Waals surface area contributed by atoms with Crippen molar-refractivity contribution in [1.29, 1.82) is 0 Å². The molecule has 1 aromatic carbocycles. The monoisotopic (exact) mass is 302 g/mol. The van der Waals surface area contributed by atoms with E-state index >= 15 is 0 Å². The minimum atomic E-state index is 0. The molecule has 1 atom stereocenters. The zero-order chi connectivity index (χ0) is 13.0. The molecule has 0 spiro atoms. The lowest BCUT2D eigenvalue weighted by atomic mass is 9.94. The van der Waals surface area contributed by atoms with E-state index < -0.39 is 0 Å². The number of carbonyl (C=O) groups excluding carboxylic acids is 1. The summed E-state index contributed by atoms with van der Waals surface area (Å²) >= 11 is 6.07. The van der Waals surface area contributed by atoms with Crippen LogP contribution in [0.5, 0.6) is 0 Å². The van der Waals surface area contributed by atoms with Crippen LogP contribution in [-0.2, 0) is 0 Å². The van der Waals surface area contributed by atoms with E-state index in [0.29, 0.717) is 23.0 Å². The van der Waals surface area contributed by atoms with Gasteiger partial charge in [-0.2, -0.15) is 0 Å². The molecule has 0 saturated carbocycles. The Balaban J connectivity index is 0.00000180. The third-order valence-electron chi connectivity index (χ3n) is 3.49. The number of hydrogen-bond acceptors (Lipinski definition) is 2. The molecule has 1 unspecified atom stereocenters. The highest BCUT2D eigenvalue weighted by atomic mass is 35.5. The molecule has 1 saturated heterocycles. The average molecular weight is 303 g/mol. The van der Waals surface area contributed by atoms with E-state index in [1.165, 1.54) is 6.42 Å². The summed E-state index contributed by atoms with van der Waals surface area (Å²) in [6, 6.07) is 7.24. The molecule has 0 aromatic heterocycles. The summed E-state index contributed by atoms with van der Waals surface area (Å²) in [5, 5.41) is 0.531. The lowest BCUT2D eigenvalue weighted by molar-refractivity contribution is 0.0669. The smallest absolute Gasteiger partial charge is 0.255 e. The number of nitrogens with two attached hydrogens (primary N) is 1. The molecule has 1 amide bonds. The van der Waals surface area contributed by atoms with Gasteiger partial charge in [0.1, 0.15) is 0 Å². The summed E-state index contributed by atoms with van der Waals surface area (Å²) < 4.78 is 0. The van der Waals surface area contributed by atoms with Crippen LogP contribution in [0.3, 0.4) is 0 Å². The Morgan fingerprint density at radius 2 is 2.16 bits per heavy atom. The minimum Gasteiger partial charge on any atom is -0.338 e. The fraction of sp³-hybridized carbons (Fsp3) is 0.500.